The van der Waals surface area contributed by atoms with Gasteiger partial charge in [-0.1, -0.05) is 36.4 Å². The lowest BCUT2D eigenvalue weighted by molar-refractivity contribution is 0.0680. The summed E-state index contributed by atoms with van der Waals surface area (Å²) in [6.07, 6.45) is 2.34. The molecule has 0 radical (unpaired) electrons. The average molecular weight is 498 g/mol. The fourth-order valence-electron chi connectivity index (χ4n) is 3.51. The van der Waals surface area contributed by atoms with Gasteiger partial charge in [0.25, 0.3) is 11.8 Å². The van der Waals surface area contributed by atoms with E-state index in [4.69, 9.17) is 9.47 Å². The minimum absolute atomic E-state index is 0.0311. The van der Waals surface area contributed by atoms with Crippen molar-refractivity contribution in [3.8, 4) is 11.6 Å². The number of benzene rings is 1. The number of halogens is 1. The van der Waals surface area contributed by atoms with E-state index in [9.17, 15) is 4.79 Å². The number of aryl methyl sites for hydroxylation is 1. The molecule has 3 rings (SSSR count). The Kier molecular flexibility index (Phi) is 8.62. The van der Waals surface area contributed by atoms with Crippen molar-refractivity contribution in [2.75, 3.05) is 20.8 Å². The summed E-state index contributed by atoms with van der Waals surface area (Å²) in [6, 6.07) is 19.5. The zero-order chi connectivity index (χ0) is 22.9. The molecule has 6 nitrogen and oxygen atoms in total. The number of nitrogens with zero attached hydrogens (tertiary/aromatic N) is 3. The number of hydrogen-bond acceptors (Lipinski definition) is 5. The lowest BCUT2D eigenvalue weighted by atomic mass is 10.0. The van der Waals surface area contributed by atoms with Crippen LogP contribution >= 0.6 is 15.9 Å². The molecule has 2 aromatic heterocycles. The predicted octanol–water partition coefficient (Wildman–Crippen LogP) is 4.96. The molecule has 1 unspecified atom stereocenters. The highest BCUT2D eigenvalue weighted by molar-refractivity contribution is 9.10. The molecule has 1 amide bonds. The Labute approximate surface area is 197 Å². The maximum absolute atomic E-state index is 13.4. The molecule has 0 bridgehead atoms. The average Bonchev–Trinajstić information content (AvgIpc) is 2.83. The molecule has 3 aromatic rings. The van der Waals surface area contributed by atoms with E-state index in [0.29, 0.717) is 34.9 Å². The van der Waals surface area contributed by atoms with Crippen LogP contribution in [-0.4, -0.2) is 47.6 Å². The molecule has 0 aliphatic carbocycles. The minimum atomic E-state index is -0.0904. The first-order valence-electron chi connectivity index (χ1n) is 10.6. The van der Waals surface area contributed by atoms with Crippen molar-refractivity contribution >= 4 is 21.8 Å². The quantitative estimate of drug-likeness (QED) is 0.370. The van der Waals surface area contributed by atoms with Crippen LogP contribution < -0.4 is 9.47 Å². The third-order valence-corrected chi connectivity index (χ3v) is 5.77. The number of methoxy groups -OCH3 is 2. The molecule has 0 saturated carbocycles. The van der Waals surface area contributed by atoms with Crippen LogP contribution in [-0.2, 0) is 12.8 Å². The van der Waals surface area contributed by atoms with Gasteiger partial charge in [0.1, 0.15) is 10.3 Å². The summed E-state index contributed by atoms with van der Waals surface area (Å²) in [6.45, 7) is 2.60. The van der Waals surface area contributed by atoms with Gasteiger partial charge in [-0.2, -0.15) is 0 Å². The van der Waals surface area contributed by atoms with Crippen LogP contribution in [0, 0.1) is 0 Å². The Morgan fingerprint density at radius 3 is 2.44 bits per heavy atom. The minimum Gasteiger partial charge on any atom is -0.491 e. The monoisotopic (exact) mass is 497 g/mol. The van der Waals surface area contributed by atoms with Crippen molar-refractivity contribution in [1.82, 2.24) is 14.9 Å². The van der Waals surface area contributed by atoms with Crippen LogP contribution in [0.1, 0.15) is 35.1 Å². The number of aromatic nitrogens is 2. The lowest BCUT2D eigenvalue weighted by Gasteiger charge is -2.29. The van der Waals surface area contributed by atoms with E-state index in [1.807, 2.05) is 47.4 Å². The molecule has 2 heterocycles. The van der Waals surface area contributed by atoms with Gasteiger partial charge in [-0.3, -0.25) is 4.79 Å². The van der Waals surface area contributed by atoms with Gasteiger partial charge in [-0.25, -0.2) is 9.97 Å². The SMILES string of the molecule is COc1ccc(CCN(C(=O)c2cccc(Br)n2)C(C)CCc2ccccc2)nc1OC. The van der Waals surface area contributed by atoms with Crippen LogP contribution in [0.4, 0.5) is 0 Å². The number of carbonyl (C=O) groups excluding carboxylic acids is 1. The van der Waals surface area contributed by atoms with Gasteiger partial charge in [0.15, 0.2) is 5.75 Å². The highest BCUT2D eigenvalue weighted by Gasteiger charge is 2.23. The molecule has 0 aliphatic rings. The van der Waals surface area contributed by atoms with Gasteiger partial charge in [0.2, 0.25) is 0 Å². The summed E-state index contributed by atoms with van der Waals surface area (Å²) in [7, 11) is 3.15. The van der Waals surface area contributed by atoms with E-state index in [2.05, 4.69) is 45.0 Å². The van der Waals surface area contributed by atoms with Crippen molar-refractivity contribution < 1.29 is 14.3 Å². The Bertz CT molecular complexity index is 1030. The highest BCUT2D eigenvalue weighted by Crippen LogP contribution is 2.24. The molecular weight excluding hydrogens is 470 g/mol. The summed E-state index contributed by atoms with van der Waals surface area (Å²) in [4.78, 5) is 24.2. The van der Waals surface area contributed by atoms with Crippen molar-refractivity contribution in [3.63, 3.8) is 0 Å². The lowest BCUT2D eigenvalue weighted by Crippen LogP contribution is -2.40. The van der Waals surface area contributed by atoms with Crippen molar-refractivity contribution in [2.24, 2.45) is 0 Å². The standard InChI is InChI=1S/C25H28BrN3O3/c1-18(12-13-19-8-5-4-6-9-19)29(25(30)21-10-7-11-23(26)28-21)17-16-20-14-15-22(31-2)24(27-20)32-3/h4-11,14-15,18H,12-13,16-17H2,1-3H3. The molecule has 168 valence electrons. The molecule has 0 aliphatic heterocycles. The summed E-state index contributed by atoms with van der Waals surface area (Å²) in [5.74, 6) is 0.930. The zero-order valence-electron chi connectivity index (χ0n) is 18.6. The maximum atomic E-state index is 13.4. The van der Waals surface area contributed by atoms with Gasteiger partial charge < -0.3 is 14.4 Å². The first-order valence-corrected chi connectivity index (χ1v) is 11.4. The number of ether oxygens (including phenoxy) is 2. The Morgan fingerprint density at radius 2 is 1.75 bits per heavy atom. The largest absolute Gasteiger partial charge is 0.491 e. The Morgan fingerprint density at radius 1 is 0.969 bits per heavy atom. The van der Waals surface area contributed by atoms with Crippen molar-refractivity contribution in [3.05, 3.63) is 82.2 Å². The number of carbonyl (C=O) groups is 1. The van der Waals surface area contributed by atoms with Crippen molar-refractivity contribution in [2.45, 2.75) is 32.2 Å². The molecule has 0 saturated heterocycles. The van der Waals surface area contributed by atoms with Gasteiger partial charge in [-0.05, 0) is 65.5 Å². The predicted molar refractivity (Wildman–Crippen MR) is 128 cm³/mol. The molecule has 1 atom stereocenters. The zero-order valence-corrected chi connectivity index (χ0v) is 20.2. The smallest absolute Gasteiger partial charge is 0.272 e. The number of hydrogen-bond donors (Lipinski definition) is 0. The Balaban J connectivity index is 1.77. The second-order valence-corrected chi connectivity index (χ2v) is 8.29. The molecule has 0 N–H and O–H groups in total. The number of rotatable bonds is 10. The number of pyridine rings is 2. The van der Waals surface area contributed by atoms with E-state index in [1.165, 1.54) is 5.56 Å². The van der Waals surface area contributed by atoms with Crippen molar-refractivity contribution in [1.29, 1.82) is 0 Å². The molecular formula is C25H28BrN3O3. The summed E-state index contributed by atoms with van der Waals surface area (Å²) < 4.78 is 11.2. The Hall–Kier alpha value is -2.93. The second kappa shape index (κ2) is 11.6. The highest BCUT2D eigenvalue weighted by atomic mass is 79.9. The van der Waals surface area contributed by atoms with Gasteiger partial charge in [-0.15, -0.1) is 0 Å². The van der Waals surface area contributed by atoms with E-state index in [1.54, 1.807) is 20.3 Å². The fraction of sp³-hybridized carbons (Fsp3) is 0.320. The first kappa shape index (κ1) is 23.7. The van der Waals surface area contributed by atoms with E-state index >= 15 is 0 Å². The summed E-state index contributed by atoms with van der Waals surface area (Å²) in [5, 5.41) is 0. The van der Waals surface area contributed by atoms with Gasteiger partial charge in [0, 0.05) is 24.7 Å². The third kappa shape index (κ3) is 6.29. The summed E-state index contributed by atoms with van der Waals surface area (Å²) >= 11 is 3.37. The molecule has 0 spiro atoms. The molecule has 7 heteroatoms. The van der Waals surface area contributed by atoms with Gasteiger partial charge in [0.05, 0.1) is 14.2 Å². The van der Waals surface area contributed by atoms with Crippen LogP contribution in [0.15, 0.2) is 65.3 Å². The normalized spacial score (nSPS) is 11.6. The van der Waals surface area contributed by atoms with E-state index < -0.39 is 0 Å². The fourth-order valence-corrected chi connectivity index (χ4v) is 3.86. The molecule has 32 heavy (non-hydrogen) atoms. The van der Waals surface area contributed by atoms with Crippen LogP contribution in [0.25, 0.3) is 0 Å². The maximum Gasteiger partial charge on any atom is 0.272 e. The second-order valence-electron chi connectivity index (χ2n) is 7.48. The van der Waals surface area contributed by atoms with Crippen LogP contribution in [0.5, 0.6) is 11.6 Å². The van der Waals surface area contributed by atoms with E-state index in [-0.39, 0.29) is 11.9 Å². The first-order chi connectivity index (χ1) is 15.5. The molecule has 0 fully saturated rings. The number of amides is 1. The van der Waals surface area contributed by atoms with E-state index in [0.717, 1.165) is 18.5 Å². The summed E-state index contributed by atoms with van der Waals surface area (Å²) in [5.41, 5.74) is 2.51. The molecule has 1 aromatic carbocycles. The third-order valence-electron chi connectivity index (χ3n) is 5.33. The van der Waals surface area contributed by atoms with Crippen LogP contribution in [0.2, 0.25) is 0 Å². The topological polar surface area (TPSA) is 64.5 Å². The van der Waals surface area contributed by atoms with Crippen LogP contribution in [0.3, 0.4) is 0 Å². The van der Waals surface area contributed by atoms with Gasteiger partial charge >= 0.3 is 0 Å².